The Morgan fingerprint density at radius 1 is 1.12 bits per heavy atom. The Morgan fingerprint density at radius 3 is 2.48 bits per heavy atom. The van der Waals surface area contributed by atoms with Crippen molar-refractivity contribution in [2.75, 3.05) is 13.7 Å². The van der Waals surface area contributed by atoms with Crippen molar-refractivity contribution < 1.29 is 14.3 Å². The molecule has 2 aromatic carbocycles. The van der Waals surface area contributed by atoms with Gasteiger partial charge in [0, 0.05) is 18.2 Å². The zero-order valence-corrected chi connectivity index (χ0v) is 14.1. The number of methoxy groups -OCH3 is 1. The van der Waals surface area contributed by atoms with Crippen molar-refractivity contribution in [3.8, 4) is 11.8 Å². The second-order valence-electron chi connectivity index (χ2n) is 5.33. The summed E-state index contributed by atoms with van der Waals surface area (Å²) in [5.74, 6) is 0.396. The molecular formula is C20H20N2O3. The van der Waals surface area contributed by atoms with Gasteiger partial charge < -0.3 is 14.8 Å². The van der Waals surface area contributed by atoms with Gasteiger partial charge in [-0.1, -0.05) is 42.5 Å². The Labute approximate surface area is 147 Å². The van der Waals surface area contributed by atoms with Gasteiger partial charge in [-0.2, -0.15) is 5.26 Å². The van der Waals surface area contributed by atoms with Crippen LogP contribution in [0.5, 0.6) is 5.75 Å². The molecule has 5 heteroatoms. The minimum absolute atomic E-state index is 0.0357. The fraction of sp³-hybridized carbons (Fsp3) is 0.200. The third-order valence-electron chi connectivity index (χ3n) is 3.46. The van der Waals surface area contributed by atoms with Crippen LogP contribution in [0.15, 0.2) is 66.4 Å². The summed E-state index contributed by atoms with van der Waals surface area (Å²) in [6.07, 6.45) is 2.01. The summed E-state index contributed by atoms with van der Waals surface area (Å²) >= 11 is 0. The Balaban J connectivity index is 1.87. The van der Waals surface area contributed by atoms with Crippen LogP contribution in [0.4, 0.5) is 0 Å². The second-order valence-corrected chi connectivity index (χ2v) is 5.33. The van der Waals surface area contributed by atoms with Gasteiger partial charge in [0.2, 0.25) is 0 Å². The molecule has 0 saturated heterocycles. The van der Waals surface area contributed by atoms with Crippen LogP contribution in [0, 0.1) is 11.3 Å². The maximum Gasteiger partial charge on any atom is 0.325 e. The van der Waals surface area contributed by atoms with Crippen molar-refractivity contribution in [2.24, 2.45) is 0 Å². The molecule has 0 amide bonds. The van der Waals surface area contributed by atoms with E-state index in [0.717, 1.165) is 16.9 Å². The maximum absolute atomic E-state index is 11.0. The Hall–Kier alpha value is -3.26. The number of hydrogen-bond donors (Lipinski definition) is 1. The van der Waals surface area contributed by atoms with Crippen LogP contribution in [0.3, 0.4) is 0 Å². The molecule has 0 heterocycles. The minimum Gasteiger partial charge on any atom is -0.489 e. The highest BCUT2D eigenvalue weighted by Crippen LogP contribution is 2.16. The number of allylic oxidation sites excluding steroid dienone is 1. The molecule has 2 aromatic rings. The van der Waals surface area contributed by atoms with Gasteiger partial charge in [0.1, 0.15) is 18.9 Å². The normalized spacial score (nSPS) is 10.6. The van der Waals surface area contributed by atoms with Gasteiger partial charge in [-0.05, 0) is 23.3 Å². The maximum atomic E-state index is 11.0. The lowest BCUT2D eigenvalue weighted by molar-refractivity contribution is -0.139. The van der Waals surface area contributed by atoms with E-state index in [-0.39, 0.29) is 12.5 Å². The SMILES string of the molecule is COC(=O)CN/C=C(\C#N)Cc1ccc(OCc2ccccc2)cc1. The van der Waals surface area contributed by atoms with Crippen LogP contribution < -0.4 is 10.1 Å². The van der Waals surface area contributed by atoms with E-state index in [4.69, 9.17) is 4.74 Å². The molecule has 128 valence electrons. The molecule has 0 atom stereocenters. The number of carbonyl (C=O) groups is 1. The van der Waals surface area contributed by atoms with E-state index in [1.165, 1.54) is 13.3 Å². The number of esters is 1. The Morgan fingerprint density at radius 2 is 1.84 bits per heavy atom. The third-order valence-corrected chi connectivity index (χ3v) is 3.46. The first kappa shape index (κ1) is 18.1. The number of benzene rings is 2. The first-order valence-electron chi connectivity index (χ1n) is 7.86. The van der Waals surface area contributed by atoms with E-state index in [1.807, 2.05) is 54.6 Å². The summed E-state index contributed by atoms with van der Waals surface area (Å²) in [4.78, 5) is 11.0. The van der Waals surface area contributed by atoms with E-state index >= 15 is 0 Å². The van der Waals surface area contributed by atoms with Gasteiger partial charge in [-0.15, -0.1) is 0 Å². The average Bonchev–Trinajstić information content (AvgIpc) is 2.67. The number of nitrogens with zero attached hydrogens (tertiary/aromatic N) is 1. The molecule has 0 spiro atoms. The predicted octanol–water partition coefficient (Wildman–Crippen LogP) is 2.98. The molecule has 0 unspecified atom stereocenters. The van der Waals surface area contributed by atoms with E-state index in [1.54, 1.807) is 0 Å². The fourth-order valence-electron chi connectivity index (χ4n) is 2.12. The molecule has 0 aliphatic heterocycles. The van der Waals surface area contributed by atoms with E-state index in [9.17, 15) is 10.1 Å². The quantitative estimate of drug-likeness (QED) is 0.593. The molecule has 0 radical (unpaired) electrons. The number of ether oxygens (including phenoxy) is 2. The molecule has 25 heavy (non-hydrogen) atoms. The molecule has 1 N–H and O–H groups in total. The zero-order chi connectivity index (χ0) is 17.9. The number of nitrogens with one attached hydrogen (secondary N) is 1. The molecule has 0 bridgehead atoms. The fourth-order valence-corrected chi connectivity index (χ4v) is 2.12. The molecule has 0 saturated carbocycles. The number of nitriles is 1. The van der Waals surface area contributed by atoms with Gasteiger partial charge in [0.15, 0.2) is 0 Å². The average molecular weight is 336 g/mol. The van der Waals surface area contributed by atoms with Crippen molar-refractivity contribution in [1.29, 1.82) is 5.26 Å². The minimum atomic E-state index is -0.381. The van der Waals surface area contributed by atoms with E-state index < -0.39 is 0 Å². The summed E-state index contributed by atoms with van der Waals surface area (Å²) in [6.45, 7) is 0.551. The number of carbonyl (C=O) groups excluding carboxylic acids is 1. The second kappa shape index (κ2) is 9.78. The highest BCUT2D eigenvalue weighted by Gasteiger charge is 2.02. The molecule has 0 aliphatic rings. The molecular weight excluding hydrogens is 316 g/mol. The van der Waals surface area contributed by atoms with Gasteiger partial charge in [-0.25, -0.2) is 0 Å². The lowest BCUT2D eigenvalue weighted by atomic mass is 10.1. The van der Waals surface area contributed by atoms with Crippen LogP contribution in [-0.2, 0) is 22.6 Å². The standard InChI is InChI=1S/C20H20N2O3/c1-24-20(23)14-22-13-18(12-21)11-16-7-9-19(10-8-16)25-15-17-5-3-2-4-6-17/h2-10,13,22H,11,14-15H2,1H3/b18-13-. The first-order valence-corrected chi connectivity index (χ1v) is 7.86. The molecule has 0 fully saturated rings. The van der Waals surface area contributed by atoms with Crippen LogP contribution in [0.25, 0.3) is 0 Å². The molecule has 2 rings (SSSR count). The van der Waals surface area contributed by atoms with Gasteiger partial charge >= 0.3 is 5.97 Å². The van der Waals surface area contributed by atoms with Crippen LogP contribution >= 0.6 is 0 Å². The largest absolute Gasteiger partial charge is 0.489 e. The zero-order valence-electron chi connectivity index (χ0n) is 14.1. The van der Waals surface area contributed by atoms with E-state index in [2.05, 4.69) is 16.1 Å². The van der Waals surface area contributed by atoms with Crippen LogP contribution in [0.1, 0.15) is 11.1 Å². The highest BCUT2D eigenvalue weighted by molar-refractivity contribution is 5.71. The Bertz CT molecular complexity index is 747. The topological polar surface area (TPSA) is 71.3 Å². The molecule has 0 aliphatic carbocycles. The Kier molecular flexibility index (Phi) is 7.08. The smallest absolute Gasteiger partial charge is 0.325 e. The van der Waals surface area contributed by atoms with Gasteiger partial charge in [0.05, 0.1) is 13.2 Å². The van der Waals surface area contributed by atoms with Crippen LogP contribution in [-0.4, -0.2) is 19.6 Å². The summed E-state index contributed by atoms with van der Waals surface area (Å²) in [6, 6.07) is 19.7. The third kappa shape index (κ3) is 6.40. The van der Waals surface area contributed by atoms with Crippen molar-refractivity contribution in [2.45, 2.75) is 13.0 Å². The summed E-state index contributed by atoms with van der Waals surface area (Å²) in [7, 11) is 1.32. The van der Waals surface area contributed by atoms with E-state index in [0.29, 0.717) is 18.6 Å². The summed E-state index contributed by atoms with van der Waals surface area (Å²) in [5.41, 5.74) is 2.62. The number of hydrogen-bond acceptors (Lipinski definition) is 5. The lowest BCUT2D eigenvalue weighted by Gasteiger charge is -2.07. The first-order chi connectivity index (χ1) is 12.2. The predicted molar refractivity (Wildman–Crippen MR) is 94.6 cm³/mol. The van der Waals surface area contributed by atoms with Gasteiger partial charge in [0.25, 0.3) is 0 Å². The van der Waals surface area contributed by atoms with Gasteiger partial charge in [-0.3, -0.25) is 4.79 Å². The summed E-state index contributed by atoms with van der Waals surface area (Å²) in [5, 5.41) is 11.9. The van der Waals surface area contributed by atoms with Crippen LogP contribution in [0.2, 0.25) is 0 Å². The number of rotatable bonds is 8. The lowest BCUT2D eigenvalue weighted by Crippen LogP contribution is -2.19. The molecule has 0 aromatic heterocycles. The highest BCUT2D eigenvalue weighted by atomic mass is 16.5. The van der Waals surface area contributed by atoms with Crippen molar-refractivity contribution in [3.05, 3.63) is 77.5 Å². The van der Waals surface area contributed by atoms with Crippen molar-refractivity contribution in [3.63, 3.8) is 0 Å². The monoisotopic (exact) mass is 336 g/mol. The molecule has 5 nitrogen and oxygen atoms in total. The van der Waals surface area contributed by atoms with Crippen molar-refractivity contribution in [1.82, 2.24) is 5.32 Å². The van der Waals surface area contributed by atoms with Crippen molar-refractivity contribution >= 4 is 5.97 Å². The summed E-state index contributed by atoms with van der Waals surface area (Å²) < 4.78 is 10.3.